The summed E-state index contributed by atoms with van der Waals surface area (Å²) in [7, 11) is 1.50. The van der Waals surface area contributed by atoms with Gasteiger partial charge in [-0.15, -0.1) is 0 Å². The maximum absolute atomic E-state index is 12.5. The Bertz CT molecular complexity index is 637. The third-order valence-corrected chi connectivity index (χ3v) is 3.76. The molecule has 0 radical (unpaired) electrons. The molecule has 114 valence electrons. The summed E-state index contributed by atoms with van der Waals surface area (Å²) >= 11 is 0. The van der Waals surface area contributed by atoms with E-state index in [2.05, 4.69) is 4.98 Å². The number of aryl methyl sites for hydroxylation is 2. The lowest BCUT2D eigenvalue weighted by molar-refractivity contribution is -0.142. The molecular formula is C14H18N2O5. The molecule has 21 heavy (non-hydrogen) atoms. The summed E-state index contributed by atoms with van der Waals surface area (Å²) < 4.78 is 5.16. The van der Waals surface area contributed by atoms with Crippen molar-refractivity contribution in [3.8, 4) is 0 Å². The fourth-order valence-corrected chi connectivity index (χ4v) is 2.61. The number of aromatic nitrogens is 1. The maximum atomic E-state index is 12.5. The SMILES string of the molecule is Cc1cc(C)c(C(=O)N(C)C2COCC2C(=O)O)c(=O)[nH]1. The van der Waals surface area contributed by atoms with Gasteiger partial charge < -0.3 is 19.7 Å². The van der Waals surface area contributed by atoms with Crippen LogP contribution in [0, 0.1) is 19.8 Å². The van der Waals surface area contributed by atoms with Crippen LogP contribution in [0.15, 0.2) is 10.9 Å². The number of aromatic amines is 1. The third kappa shape index (κ3) is 2.82. The summed E-state index contributed by atoms with van der Waals surface area (Å²) in [5.41, 5.74) is 0.817. The highest BCUT2D eigenvalue weighted by atomic mass is 16.5. The van der Waals surface area contributed by atoms with Crippen LogP contribution < -0.4 is 5.56 Å². The van der Waals surface area contributed by atoms with Crippen molar-refractivity contribution < 1.29 is 19.4 Å². The van der Waals surface area contributed by atoms with Gasteiger partial charge >= 0.3 is 5.97 Å². The van der Waals surface area contributed by atoms with Gasteiger partial charge in [0.05, 0.1) is 19.3 Å². The van der Waals surface area contributed by atoms with Crippen LogP contribution in [-0.2, 0) is 9.53 Å². The second-order valence-electron chi connectivity index (χ2n) is 5.31. The van der Waals surface area contributed by atoms with Crippen molar-refractivity contribution in [2.75, 3.05) is 20.3 Å². The van der Waals surface area contributed by atoms with Crippen molar-refractivity contribution in [2.45, 2.75) is 19.9 Å². The summed E-state index contributed by atoms with van der Waals surface area (Å²) in [5, 5.41) is 9.14. The predicted octanol–water partition coefficient (Wildman–Crippen LogP) is 0.163. The maximum Gasteiger partial charge on any atom is 0.311 e. The molecule has 1 fully saturated rings. The lowest BCUT2D eigenvalue weighted by Crippen LogP contribution is -2.45. The molecule has 2 atom stereocenters. The average molecular weight is 294 g/mol. The van der Waals surface area contributed by atoms with Gasteiger partial charge in [-0.3, -0.25) is 14.4 Å². The number of carbonyl (C=O) groups excluding carboxylic acids is 1. The highest BCUT2D eigenvalue weighted by Gasteiger charge is 2.39. The van der Waals surface area contributed by atoms with Gasteiger partial charge in [0.25, 0.3) is 11.5 Å². The Morgan fingerprint density at radius 1 is 1.38 bits per heavy atom. The Kier molecular flexibility index (Phi) is 4.13. The molecule has 0 bridgehead atoms. The van der Waals surface area contributed by atoms with Gasteiger partial charge in [0, 0.05) is 12.7 Å². The normalized spacial score (nSPS) is 21.3. The van der Waals surface area contributed by atoms with Crippen molar-refractivity contribution in [1.29, 1.82) is 0 Å². The van der Waals surface area contributed by atoms with Crippen LogP contribution in [0.1, 0.15) is 21.6 Å². The van der Waals surface area contributed by atoms with E-state index < -0.39 is 29.4 Å². The number of hydrogen-bond acceptors (Lipinski definition) is 4. The minimum absolute atomic E-state index is 0.0409. The number of carboxylic acid groups (broad SMARTS) is 1. The van der Waals surface area contributed by atoms with Crippen molar-refractivity contribution >= 4 is 11.9 Å². The Morgan fingerprint density at radius 2 is 2.05 bits per heavy atom. The smallest absolute Gasteiger partial charge is 0.311 e. The molecule has 1 aliphatic rings. The molecule has 2 N–H and O–H groups in total. The van der Waals surface area contributed by atoms with Crippen molar-refractivity contribution in [3.63, 3.8) is 0 Å². The number of nitrogens with zero attached hydrogens (tertiary/aromatic N) is 1. The van der Waals surface area contributed by atoms with E-state index in [1.54, 1.807) is 19.9 Å². The number of ether oxygens (including phenoxy) is 1. The zero-order valence-electron chi connectivity index (χ0n) is 12.2. The van der Waals surface area contributed by atoms with Gasteiger partial charge in [-0.2, -0.15) is 0 Å². The largest absolute Gasteiger partial charge is 0.481 e. The lowest BCUT2D eigenvalue weighted by atomic mass is 10.0. The predicted molar refractivity (Wildman–Crippen MR) is 74.4 cm³/mol. The van der Waals surface area contributed by atoms with Crippen LogP contribution in [0.5, 0.6) is 0 Å². The molecule has 1 aliphatic heterocycles. The molecule has 1 saturated heterocycles. The minimum atomic E-state index is -1.01. The minimum Gasteiger partial charge on any atom is -0.481 e. The van der Waals surface area contributed by atoms with Crippen LogP contribution in [0.4, 0.5) is 0 Å². The van der Waals surface area contributed by atoms with Crippen LogP contribution in [0.2, 0.25) is 0 Å². The van der Waals surface area contributed by atoms with Gasteiger partial charge in [-0.1, -0.05) is 0 Å². The van der Waals surface area contributed by atoms with Crippen LogP contribution in [0.25, 0.3) is 0 Å². The zero-order valence-corrected chi connectivity index (χ0v) is 12.2. The Balaban J connectivity index is 2.32. The first-order valence-electron chi connectivity index (χ1n) is 6.61. The summed E-state index contributed by atoms with van der Waals surface area (Å²) in [6, 6.07) is 1.14. The Morgan fingerprint density at radius 3 is 2.62 bits per heavy atom. The standard InChI is InChI=1S/C14H18N2O5/c1-7-4-8(2)15-12(17)11(7)13(18)16(3)10-6-21-5-9(10)14(19)20/h4,9-10H,5-6H2,1-3H3,(H,15,17)(H,19,20). The van der Waals surface area contributed by atoms with Crippen LogP contribution in [-0.4, -0.2) is 53.2 Å². The first kappa shape index (κ1) is 15.2. The number of rotatable bonds is 3. The van der Waals surface area contributed by atoms with E-state index in [-0.39, 0.29) is 18.8 Å². The highest BCUT2D eigenvalue weighted by Crippen LogP contribution is 2.20. The van der Waals surface area contributed by atoms with Gasteiger partial charge in [-0.05, 0) is 25.5 Å². The van der Waals surface area contributed by atoms with Crippen molar-refractivity contribution in [1.82, 2.24) is 9.88 Å². The van der Waals surface area contributed by atoms with Crippen molar-refractivity contribution in [2.24, 2.45) is 5.92 Å². The fourth-order valence-electron chi connectivity index (χ4n) is 2.61. The number of hydrogen-bond donors (Lipinski definition) is 2. The number of pyridine rings is 1. The number of H-pyrrole nitrogens is 1. The molecular weight excluding hydrogens is 276 g/mol. The summed E-state index contributed by atoms with van der Waals surface area (Å²) in [4.78, 5) is 39.5. The van der Waals surface area contributed by atoms with E-state index in [9.17, 15) is 14.4 Å². The summed E-state index contributed by atoms with van der Waals surface area (Å²) in [6.07, 6.45) is 0. The highest BCUT2D eigenvalue weighted by molar-refractivity contribution is 5.95. The second-order valence-corrected chi connectivity index (χ2v) is 5.31. The summed E-state index contributed by atoms with van der Waals surface area (Å²) in [6.45, 7) is 3.64. The molecule has 0 aromatic carbocycles. The number of carbonyl (C=O) groups is 2. The lowest BCUT2D eigenvalue weighted by Gasteiger charge is -2.26. The second kappa shape index (κ2) is 5.69. The van der Waals surface area contributed by atoms with Gasteiger partial charge in [0.1, 0.15) is 11.5 Å². The average Bonchev–Trinajstić information content (AvgIpc) is 2.85. The molecule has 1 aromatic heterocycles. The Hall–Kier alpha value is -2.15. The topological polar surface area (TPSA) is 99.7 Å². The van der Waals surface area contributed by atoms with Crippen LogP contribution in [0.3, 0.4) is 0 Å². The quantitative estimate of drug-likeness (QED) is 0.827. The van der Waals surface area contributed by atoms with E-state index in [0.717, 1.165) is 0 Å². The van der Waals surface area contributed by atoms with Gasteiger partial charge in [0.2, 0.25) is 0 Å². The number of likely N-dealkylation sites (N-methyl/N-ethyl adjacent to an activating group) is 1. The molecule has 2 rings (SSSR count). The molecule has 7 heteroatoms. The van der Waals surface area contributed by atoms with Gasteiger partial charge in [-0.25, -0.2) is 0 Å². The zero-order chi connectivity index (χ0) is 15.7. The van der Waals surface area contributed by atoms with E-state index in [1.807, 2.05) is 0 Å². The fraction of sp³-hybridized carbons (Fsp3) is 0.500. The number of aliphatic carboxylic acids is 1. The van der Waals surface area contributed by atoms with E-state index >= 15 is 0 Å². The molecule has 1 amide bonds. The van der Waals surface area contributed by atoms with E-state index in [0.29, 0.717) is 11.3 Å². The molecule has 0 aliphatic carbocycles. The molecule has 2 heterocycles. The molecule has 7 nitrogen and oxygen atoms in total. The van der Waals surface area contributed by atoms with Gasteiger partial charge in [0.15, 0.2) is 0 Å². The number of amides is 1. The first-order chi connectivity index (χ1) is 9.82. The monoisotopic (exact) mass is 294 g/mol. The summed E-state index contributed by atoms with van der Waals surface area (Å²) in [5.74, 6) is -2.27. The molecule has 2 unspecified atom stereocenters. The van der Waals surface area contributed by atoms with E-state index in [4.69, 9.17) is 9.84 Å². The number of nitrogens with one attached hydrogen (secondary N) is 1. The molecule has 0 spiro atoms. The van der Waals surface area contributed by atoms with E-state index in [1.165, 1.54) is 11.9 Å². The molecule has 0 saturated carbocycles. The van der Waals surface area contributed by atoms with Crippen LogP contribution >= 0.6 is 0 Å². The van der Waals surface area contributed by atoms with Crippen molar-refractivity contribution in [3.05, 3.63) is 33.2 Å². The number of carboxylic acids is 1. The Labute approximate surface area is 121 Å². The third-order valence-electron chi connectivity index (χ3n) is 3.76. The molecule has 1 aromatic rings. The first-order valence-corrected chi connectivity index (χ1v) is 6.61.